The lowest BCUT2D eigenvalue weighted by Crippen LogP contribution is -2.41. The summed E-state index contributed by atoms with van der Waals surface area (Å²) < 4.78 is 0. The zero-order valence-corrected chi connectivity index (χ0v) is 20.1. The molecule has 0 unspecified atom stereocenters. The predicted octanol–water partition coefficient (Wildman–Crippen LogP) is 5.85. The molecule has 1 fully saturated rings. The first-order chi connectivity index (χ1) is 17.4. The van der Waals surface area contributed by atoms with E-state index in [9.17, 15) is 14.4 Å². The van der Waals surface area contributed by atoms with Gasteiger partial charge in [-0.3, -0.25) is 14.4 Å². The maximum atomic E-state index is 15.0. The third-order valence-corrected chi connectivity index (χ3v) is 9.40. The minimum atomic E-state index is -1.32. The zero-order chi connectivity index (χ0) is 24.9. The summed E-state index contributed by atoms with van der Waals surface area (Å²) in [5.74, 6) is -0.438. The van der Waals surface area contributed by atoms with Gasteiger partial charge in [0, 0.05) is 16.5 Å². The van der Waals surface area contributed by atoms with Crippen molar-refractivity contribution in [1.82, 2.24) is 0 Å². The van der Waals surface area contributed by atoms with Crippen LogP contribution in [0.3, 0.4) is 0 Å². The lowest BCUT2D eigenvalue weighted by Gasteiger charge is -2.34. The molecule has 0 spiro atoms. The molecule has 4 atom stereocenters. The molecule has 3 heteroatoms. The molecule has 174 valence electrons. The van der Waals surface area contributed by atoms with Gasteiger partial charge in [0.1, 0.15) is 5.78 Å². The molecule has 1 saturated carbocycles. The molecular weight excluding hydrogens is 444 g/mol. The molecule has 0 amide bonds. The molecule has 0 heterocycles. The first-order valence-electron chi connectivity index (χ1n) is 12.3. The Labute approximate surface area is 209 Å². The van der Waals surface area contributed by atoms with Crippen LogP contribution in [0.15, 0.2) is 109 Å². The molecular formula is C33H24O3. The second kappa shape index (κ2) is 6.55. The molecule has 0 radical (unpaired) electrons. The van der Waals surface area contributed by atoms with Crippen molar-refractivity contribution in [2.24, 2.45) is 5.41 Å². The summed E-state index contributed by atoms with van der Waals surface area (Å²) in [6.45, 7) is 3.63. The number of carbonyl (C=O) groups is 3. The Bertz CT molecular complexity index is 1620. The molecule has 0 bridgehead atoms. The van der Waals surface area contributed by atoms with Crippen molar-refractivity contribution in [3.8, 4) is 0 Å². The Morgan fingerprint density at radius 3 is 1.36 bits per heavy atom. The topological polar surface area (TPSA) is 51.2 Å². The van der Waals surface area contributed by atoms with Gasteiger partial charge in [0.05, 0.1) is 16.2 Å². The van der Waals surface area contributed by atoms with Gasteiger partial charge in [0.15, 0.2) is 11.6 Å². The van der Waals surface area contributed by atoms with Crippen molar-refractivity contribution in [2.75, 3.05) is 0 Å². The molecule has 36 heavy (non-hydrogen) atoms. The van der Waals surface area contributed by atoms with Crippen molar-refractivity contribution in [3.63, 3.8) is 0 Å². The second-order valence-electron chi connectivity index (χ2n) is 10.4. The van der Waals surface area contributed by atoms with E-state index >= 15 is 0 Å². The van der Waals surface area contributed by atoms with Crippen LogP contribution in [-0.2, 0) is 21.0 Å². The first-order valence-corrected chi connectivity index (χ1v) is 12.3. The third kappa shape index (κ3) is 1.80. The van der Waals surface area contributed by atoms with Gasteiger partial charge >= 0.3 is 0 Å². The van der Waals surface area contributed by atoms with Crippen molar-refractivity contribution in [1.29, 1.82) is 0 Å². The molecule has 4 aromatic carbocycles. The fraction of sp³-hybridized carbons (Fsp3) is 0.182. The van der Waals surface area contributed by atoms with E-state index in [0.717, 1.165) is 22.3 Å². The fourth-order valence-corrected chi connectivity index (χ4v) is 8.52. The van der Waals surface area contributed by atoms with Crippen LogP contribution in [-0.4, -0.2) is 17.3 Å². The number of benzene rings is 4. The van der Waals surface area contributed by atoms with Crippen LogP contribution < -0.4 is 0 Å². The fourth-order valence-electron chi connectivity index (χ4n) is 8.52. The summed E-state index contributed by atoms with van der Waals surface area (Å²) in [4.78, 5) is 43.9. The lowest BCUT2D eigenvalue weighted by molar-refractivity contribution is -0.120. The maximum absolute atomic E-state index is 15.0. The van der Waals surface area contributed by atoms with Gasteiger partial charge in [-0.25, -0.2) is 0 Å². The van der Waals surface area contributed by atoms with E-state index in [1.807, 2.05) is 84.9 Å². The van der Waals surface area contributed by atoms with Gasteiger partial charge in [-0.05, 0) is 29.2 Å². The van der Waals surface area contributed by atoms with Crippen molar-refractivity contribution >= 4 is 17.3 Å². The van der Waals surface area contributed by atoms with E-state index in [-0.39, 0.29) is 17.3 Å². The van der Waals surface area contributed by atoms with E-state index in [1.165, 1.54) is 0 Å². The zero-order valence-electron chi connectivity index (χ0n) is 20.1. The van der Waals surface area contributed by atoms with Crippen LogP contribution in [0.1, 0.15) is 56.8 Å². The minimum absolute atomic E-state index is 0.137. The molecule has 3 aliphatic rings. The number of rotatable bonds is 5. The van der Waals surface area contributed by atoms with Gasteiger partial charge in [0.25, 0.3) is 0 Å². The molecule has 7 rings (SSSR count). The number of ketones is 3. The highest BCUT2D eigenvalue weighted by Gasteiger charge is 3.05. The van der Waals surface area contributed by atoms with Crippen molar-refractivity contribution in [3.05, 3.63) is 143 Å². The molecule has 3 nitrogen and oxygen atoms in total. The Morgan fingerprint density at radius 1 is 0.500 bits per heavy atom. The Balaban J connectivity index is 1.70. The number of hydrogen-bond donors (Lipinski definition) is 0. The van der Waals surface area contributed by atoms with E-state index < -0.39 is 21.7 Å². The second-order valence-corrected chi connectivity index (χ2v) is 10.4. The van der Waals surface area contributed by atoms with Gasteiger partial charge in [-0.2, -0.15) is 0 Å². The van der Waals surface area contributed by atoms with Crippen molar-refractivity contribution < 1.29 is 14.4 Å². The highest BCUT2D eigenvalue weighted by molar-refractivity contribution is 6.30. The summed E-state index contributed by atoms with van der Waals surface area (Å²) in [5.41, 5.74) is -0.154. The molecule has 0 aliphatic heterocycles. The van der Waals surface area contributed by atoms with E-state index in [2.05, 4.69) is 6.92 Å². The average Bonchev–Trinajstić information content (AvgIpc) is 3.41. The summed E-state index contributed by atoms with van der Waals surface area (Å²) in [5, 5.41) is 0. The quantitative estimate of drug-likeness (QED) is 0.345. The SMILES string of the molecule is CC(=O)[C@@]12c3ccccc3[C@@]3(C)c4ccccc4[C@]1(C(=O)c1ccccc1)[C@]32C(=O)c1ccccc1. The largest absolute Gasteiger partial charge is 0.299 e. The van der Waals surface area contributed by atoms with Crippen LogP contribution in [0.4, 0.5) is 0 Å². The van der Waals surface area contributed by atoms with Crippen LogP contribution in [0, 0.1) is 5.41 Å². The maximum Gasteiger partial charge on any atom is 0.175 e. The molecule has 0 aromatic heterocycles. The minimum Gasteiger partial charge on any atom is -0.299 e. The number of fused-ring (bicyclic) bond motifs is 7. The Morgan fingerprint density at radius 2 is 0.889 bits per heavy atom. The highest BCUT2D eigenvalue weighted by Crippen LogP contribution is 2.94. The standard InChI is InChI=1S/C33H24O3/c1-21(34)31-26-19-11-9-17-24(26)30(2)25-18-10-12-20-27(25)32(31,28(35)22-13-5-3-6-14-22)33(30,31)29(36)23-15-7-4-8-16-23/h3-20H,1-2H3/t30-,31+,32+,33+/m0/s1. The van der Waals surface area contributed by atoms with Crippen LogP contribution in [0.2, 0.25) is 0 Å². The van der Waals surface area contributed by atoms with Crippen LogP contribution >= 0.6 is 0 Å². The summed E-state index contributed by atoms with van der Waals surface area (Å²) in [6.07, 6.45) is 0. The van der Waals surface area contributed by atoms with Gasteiger partial charge < -0.3 is 0 Å². The average molecular weight is 469 g/mol. The van der Waals surface area contributed by atoms with Crippen molar-refractivity contribution in [2.45, 2.75) is 30.1 Å². The first kappa shape index (κ1) is 21.2. The number of Topliss-reactive ketones (excluding diaryl/α,β-unsaturated/α-hetero) is 3. The lowest BCUT2D eigenvalue weighted by atomic mass is 9.65. The van der Waals surface area contributed by atoms with Gasteiger partial charge in [-0.1, -0.05) is 116 Å². The summed E-state index contributed by atoms with van der Waals surface area (Å²) >= 11 is 0. The number of hydrogen-bond acceptors (Lipinski definition) is 3. The van der Waals surface area contributed by atoms with E-state index in [0.29, 0.717) is 11.1 Å². The van der Waals surface area contributed by atoms with E-state index in [1.54, 1.807) is 31.2 Å². The Hall–Kier alpha value is -4.11. The Kier molecular flexibility index (Phi) is 3.86. The molecule has 4 aromatic rings. The highest BCUT2D eigenvalue weighted by atomic mass is 16.2. The smallest absolute Gasteiger partial charge is 0.175 e. The molecule has 0 saturated heterocycles. The molecule has 3 aliphatic carbocycles. The van der Waals surface area contributed by atoms with Crippen LogP contribution in [0.25, 0.3) is 0 Å². The predicted molar refractivity (Wildman–Crippen MR) is 137 cm³/mol. The number of carbonyl (C=O) groups excluding carboxylic acids is 3. The molecule has 0 N–H and O–H groups in total. The summed E-state index contributed by atoms with van der Waals surface area (Å²) in [7, 11) is 0. The monoisotopic (exact) mass is 468 g/mol. The normalized spacial score (nSPS) is 30.2. The van der Waals surface area contributed by atoms with Crippen LogP contribution in [0.5, 0.6) is 0 Å². The third-order valence-electron chi connectivity index (χ3n) is 9.40. The summed E-state index contributed by atoms with van der Waals surface area (Å²) in [6, 6.07) is 34.0. The van der Waals surface area contributed by atoms with Gasteiger partial charge in [0.2, 0.25) is 0 Å². The van der Waals surface area contributed by atoms with Gasteiger partial charge in [-0.15, -0.1) is 0 Å². The van der Waals surface area contributed by atoms with E-state index in [4.69, 9.17) is 0 Å².